The van der Waals surface area contributed by atoms with Gasteiger partial charge in [-0.2, -0.15) is 13.2 Å². The van der Waals surface area contributed by atoms with Crippen molar-refractivity contribution in [2.45, 2.75) is 25.1 Å². The predicted molar refractivity (Wildman–Crippen MR) is 81.9 cm³/mol. The van der Waals surface area contributed by atoms with E-state index in [-0.39, 0.29) is 11.9 Å². The second-order valence-corrected chi connectivity index (χ2v) is 5.39. The van der Waals surface area contributed by atoms with Crippen molar-refractivity contribution in [2.75, 3.05) is 13.1 Å². The van der Waals surface area contributed by atoms with Gasteiger partial charge in [-0.15, -0.1) is 0 Å². The first-order chi connectivity index (χ1) is 11.8. The lowest BCUT2D eigenvalue weighted by Crippen LogP contribution is -2.37. The number of hydrogen-bond acceptors (Lipinski definition) is 4. The van der Waals surface area contributed by atoms with E-state index in [4.69, 9.17) is 14.6 Å². The SMILES string of the molecule is Fc1cc(OC2CCCNC2)cc2ccncc12.O=C(O)C(F)(F)F. The van der Waals surface area contributed by atoms with Crippen LogP contribution in [0.4, 0.5) is 17.6 Å². The van der Waals surface area contributed by atoms with Gasteiger partial charge in [0.25, 0.3) is 0 Å². The van der Waals surface area contributed by atoms with Gasteiger partial charge in [0.05, 0.1) is 0 Å². The third-order valence-corrected chi connectivity index (χ3v) is 3.48. The van der Waals surface area contributed by atoms with Crippen LogP contribution < -0.4 is 10.1 Å². The number of carbonyl (C=O) groups is 1. The van der Waals surface area contributed by atoms with Crippen molar-refractivity contribution < 1.29 is 32.2 Å². The topological polar surface area (TPSA) is 71.5 Å². The van der Waals surface area contributed by atoms with E-state index < -0.39 is 12.1 Å². The van der Waals surface area contributed by atoms with Gasteiger partial charge in [0.1, 0.15) is 17.7 Å². The molecule has 1 aliphatic rings. The van der Waals surface area contributed by atoms with Gasteiger partial charge in [-0.25, -0.2) is 9.18 Å². The van der Waals surface area contributed by atoms with Gasteiger partial charge in [0.15, 0.2) is 0 Å². The number of benzene rings is 1. The van der Waals surface area contributed by atoms with Crippen molar-refractivity contribution in [3.05, 3.63) is 36.4 Å². The van der Waals surface area contributed by atoms with Crippen LogP contribution in [0.2, 0.25) is 0 Å². The maximum absolute atomic E-state index is 13.9. The summed E-state index contributed by atoms with van der Waals surface area (Å²) in [7, 11) is 0. The highest BCUT2D eigenvalue weighted by atomic mass is 19.4. The zero-order chi connectivity index (χ0) is 18.4. The monoisotopic (exact) mass is 360 g/mol. The maximum Gasteiger partial charge on any atom is 0.490 e. The molecule has 1 unspecified atom stereocenters. The molecule has 0 spiro atoms. The molecule has 1 saturated heterocycles. The first kappa shape index (κ1) is 18.9. The maximum atomic E-state index is 13.9. The van der Waals surface area contributed by atoms with Crippen molar-refractivity contribution in [3.63, 3.8) is 0 Å². The first-order valence-electron chi connectivity index (χ1n) is 7.48. The molecule has 25 heavy (non-hydrogen) atoms. The molecular weight excluding hydrogens is 344 g/mol. The third kappa shape index (κ3) is 5.56. The smallest absolute Gasteiger partial charge is 0.489 e. The van der Waals surface area contributed by atoms with E-state index in [9.17, 15) is 17.6 Å². The summed E-state index contributed by atoms with van der Waals surface area (Å²) in [5, 5.41) is 11.8. The standard InChI is InChI=1S/C14H15FN2O.C2HF3O2/c15-14-7-12(18-11-2-1-4-16-8-11)6-10-3-5-17-9-13(10)14;3-2(4,5)1(6)7/h3,5-7,9,11,16H,1-2,4,8H2;(H,6,7). The number of pyridine rings is 1. The molecule has 1 aliphatic heterocycles. The molecular formula is C16H16F4N2O3. The normalized spacial score (nSPS) is 17.5. The Morgan fingerprint density at radius 3 is 2.68 bits per heavy atom. The van der Waals surface area contributed by atoms with Crippen LogP contribution in [0, 0.1) is 5.82 Å². The molecule has 0 aliphatic carbocycles. The van der Waals surface area contributed by atoms with Gasteiger partial charge >= 0.3 is 12.1 Å². The molecule has 1 fully saturated rings. The van der Waals surface area contributed by atoms with E-state index >= 15 is 0 Å². The highest BCUT2D eigenvalue weighted by Crippen LogP contribution is 2.25. The molecule has 2 aromatic rings. The Morgan fingerprint density at radius 1 is 1.36 bits per heavy atom. The molecule has 1 aromatic heterocycles. The zero-order valence-corrected chi connectivity index (χ0v) is 13.0. The van der Waals surface area contributed by atoms with E-state index in [0.29, 0.717) is 11.1 Å². The second-order valence-electron chi connectivity index (χ2n) is 5.39. The molecule has 0 amide bonds. The molecule has 9 heteroatoms. The van der Waals surface area contributed by atoms with Crippen LogP contribution in [0.3, 0.4) is 0 Å². The number of nitrogens with zero attached hydrogens (tertiary/aromatic N) is 1. The fraction of sp³-hybridized carbons (Fsp3) is 0.375. The van der Waals surface area contributed by atoms with Gasteiger partial charge < -0.3 is 15.2 Å². The lowest BCUT2D eigenvalue weighted by atomic mass is 10.1. The summed E-state index contributed by atoms with van der Waals surface area (Å²) >= 11 is 0. The number of aromatic nitrogens is 1. The lowest BCUT2D eigenvalue weighted by Gasteiger charge is -2.24. The van der Waals surface area contributed by atoms with Gasteiger partial charge in [-0.3, -0.25) is 4.98 Å². The molecule has 2 N–H and O–H groups in total. The van der Waals surface area contributed by atoms with Crippen molar-refractivity contribution in [1.82, 2.24) is 10.3 Å². The Labute approximate surface area is 140 Å². The van der Waals surface area contributed by atoms with Crippen molar-refractivity contribution in [1.29, 1.82) is 0 Å². The van der Waals surface area contributed by atoms with Crippen LogP contribution in [0.15, 0.2) is 30.6 Å². The quantitative estimate of drug-likeness (QED) is 0.805. The average molecular weight is 360 g/mol. The largest absolute Gasteiger partial charge is 0.490 e. The van der Waals surface area contributed by atoms with Crippen LogP contribution in [0.5, 0.6) is 5.75 Å². The molecule has 1 aromatic carbocycles. The summed E-state index contributed by atoms with van der Waals surface area (Å²) in [4.78, 5) is 12.8. The third-order valence-electron chi connectivity index (χ3n) is 3.48. The Balaban J connectivity index is 0.000000277. The average Bonchev–Trinajstić information content (AvgIpc) is 2.55. The Morgan fingerprint density at radius 2 is 2.08 bits per heavy atom. The van der Waals surface area contributed by atoms with E-state index in [2.05, 4.69) is 10.3 Å². The fourth-order valence-electron chi connectivity index (χ4n) is 2.31. The Hall–Kier alpha value is -2.42. The first-order valence-corrected chi connectivity index (χ1v) is 7.48. The summed E-state index contributed by atoms with van der Waals surface area (Å²) in [5.74, 6) is -2.44. The molecule has 3 rings (SSSR count). The number of piperidine rings is 1. The van der Waals surface area contributed by atoms with Crippen LogP contribution in [-0.2, 0) is 4.79 Å². The van der Waals surface area contributed by atoms with Gasteiger partial charge in [-0.1, -0.05) is 0 Å². The van der Waals surface area contributed by atoms with E-state index in [0.717, 1.165) is 31.3 Å². The number of aliphatic carboxylic acids is 1. The highest BCUT2D eigenvalue weighted by molar-refractivity contribution is 5.83. The summed E-state index contributed by atoms with van der Waals surface area (Å²) in [6, 6.07) is 5.11. The minimum absolute atomic E-state index is 0.137. The van der Waals surface area contributed by atoms with Gasteiger partial charge in [0, 0.05) is 30.4 Å². The number of carboxylic acids is 1. The number of rotatable bonds is 2. The summed E-state index contributed by atoms with van der Waals surface area (Å²) in [5.41, 5.74) is 0. The molecule has 1 atom stereocenters. The minimum Gasteiger partial charge on any atom is -0.489 e. The molecule has 5 nitrogen and oxygen atoms in total. The fourth-order valence-corrected chi connectivity index (χ4v) is 2.31. The molecule has 2 heterocycles. The molecule has 0 radical (unpaired) electrons. The second kappa shape index (κ2) is 8.11. The van der Waals surface area contributed by atoms with Crippen LogP contribution in [-0.4, -0.2) is 41.4 Å². The molecule has 0 saturated carbocycles. The molecule has 0 bridgehead atoms. The van der Waals surface area contributed by atoms with E-state index in [1.807, 2.05) is 6.07 Å². The lowest BCUT2D eigenvalue weighted by molar-refractivity contribution is -0.192. The Kier molecular flexibility index (Phi) is 6.13. The minimum atomic E-state index is -5.08. The Bertz CT molecular complexity index is 731. The number of ether oxygens (including phenoxy) is 1. The molecule has 136 valence electrons. The van der Waals surface area contributed by atoms with E-state index in [1.54, 1.807) is 12.3 Å². The van der Waals surface area contributed by atoms with Gasteiger partial charge in [-0.05, 0) is 36.9 Å². The summed E-state index contributed by atoms with van der Waals surface area (Å²) in [6.45, 7) is 1.87. The van der Waals surface area contributed by atoms with Crippen LogP contribution in [0.25, 0.3) is 10.8 Å². The number of fused-ring (bicyclic) bond motifs is 1. The summed E-state index contributed by atoms with van der Waals surface area (Å²) < 4.78 is 51.4. The number of halogens is 4. The van der Waals surface area contributed by atoms with Crippen molar-refractivity contribution >= 4 is 16.7 Å². The van der Waals surface area contributed by atoms with Crippen molar-refractivity contribution in [3.8, 4) is 5.75 Å². The van der Waals surface area contributed by atoms with E-state index in [1.165, 1.54) is 12.3 Å². The van der Waals surface area contributed by atoms with Gasteiger partial charge in [0.2, 0.25) is 0 Å². The number of alkyl halides is 3. The number of nitrogens with one attached hydrogen (secondary N) is 1. The summed E-state index contributed by atoms with van der Waals surface area (Å²) in [6.07, 6.45) is 0.371. The highest BCUT2D eigenvalue weighted by Gasteiger charge is 2.38. The van der Waals surface area contributed by atoms with Crippen molar-refractivity contribution in [2.24, 2.45) is 0 Å². The van der Waals surface area contributed by atoms with Crippen LogP contribution in [0.1, 0.15) is 12.8 Å². The van der Waals surface area contributed by atoms with Crippen LogP contribution >= 0.6 is 0 Å². The predicted octanol–water partition coefficient (Wildman–Crippen LogP) is 3.14. The number of carboxylic acid groups (broad SMARTS) is 1. The zero-order valence-electron chi connectivity index (χ0n) is 13.0. The number of hydrogen-bond donors (Lipinski definition) is 2.